The minimum absolute atomic E-state index is 0.0138. The van der Waals surface area contributed by atoms with Crippen molar-refractivity contribution in [1.29, 1.82) is 0 Å². The fourth-order valence-corrected chi connectivity index (χ4v) is 11.3. The lowest BCUT2D eigenvalue weighted by atomic mass is 9.85. The number of likely N-dealkylation sites (N-methyl/N-ethyl adjacent to an activating group) is 1. The lowest BCUT2D eigenvalue weighted by Gasteiger charge is -2.44. The predicted octanol–water partition coefficient (Wildman–Crippen LogP) is 6.03. The summed E-state index contributed by atoms with van der Waals surface area (Å²) in [6.07, 6.45) is -3.02. The number of nitrogens with one attached hydrogen (secondary N) is 4. The van der Waals surface area contributed by atoms with Crippen LogP contribution in [-0.4, -0.2) is 195 Å². The van der Waals surface area contributed by atoms with E-state index < -0.39 is 70.0 Å². The number of piperazine rings is 1. The Labute approximate surface area is 508 Å². The summed E-state index contributed by atoms with van der Waals surface area (Å²) in [5.74, 6) is -3.14. The van der Waals surface area contributed by atoms with Crippen LogP contribution in [0.25, 0.3) is 16.0 Å². The van der Waals surface area contributed by atoms with Gasteiger partial charge < -0.3 is 64.4 Å². The Kier molecular flexibility index (Phi) is 24.6. The molecule has 1 unspecified atom stereocenters. The van der Waals surface area contributed by atoms with Gasteiger partial charge in [-0.2, -0.15) is 13.2 Å². The molecule has 2 saturated heterocycles. The zero-order valence-electron chi connectivity index (χ0n) is 50.4. The summed E-state index contributed by atoms with van der Waals surface area (Å²) in [5, 5.41) is 18.9. The van der Waals surface area contributed by atoms with Gasteiger partial charge in [-0.05, 0) is 68.5 Å². The quantitative estimate of drug-likeness (QED) is 0.0322. The van der Waals surface area contributed by atoms with Crippen LogP contribution >= 0.6 is 11.3 Å². The van der Waals surface area contributed by atoms with Crippen molar-refractivity contribution in [3.05, 3.63) is 104 Å². The lowest BCUT2D eigenvalue weighted by molar-refractivity contribution is -0.144. The van der Waals surface area contributed by atoms with E-state index in [1.807, 2.05) is 77.8 Å². The number of halogens is 4. The number of nitrogens with zero attached hydrogens (tertiary/aromatic N) is 5. The Morgan fingerprint density at radius 3 is 2.02 bits per heavy atom. The second-order valence-corrected chi connectivity index (χ2v) is 23.9. The Balaban J connectivity index is 0.731. The summed E-state index contributed by atoms with van der Waals surface area (Å²) < 4.78 is 85.9. The maximum Gasteiger partial charge on any atom is 0.417 e. The summed E-state index contributed by atoms with van der Waals surface area (Å²) in [4.78, 5) is 93.4. The lowest BCUT2D eigenvalue weighted by Crippen LogP contribution is -2.57. The number of alkyl halides is 3. The Morgan fingerprint density at radius 2 is 1.46 bits per heavy atom. The molecule has 87 heavy (non-hydrogen) atoms. The zero-order valence-corrected chi connectivity index (χ0v) is 51.2. The number of aromatic nitrogens is 2. The van der Waals surface area contributed by atoms with Gasteiger partial charge in [0.25, 0.3) is 5.91 Å². The molecule has 5 N–H and O–H groups in total. The topological polar surface area (TPSA) is 247 Å². The highest BCUT2D eigenvalue weighted by Gasteiger charge is 2.45. The van der Waals surface area contributed by atoms with Crippen LogP contribution in [0.1, 0.15) is 93.0 Å². The largest absolute Gasteiger partial charge is 0.417 e. The number of pyridine rings is 1. The third-order valence-corrected chi connectivity index (χ3v) is 16.5. The number of aliphatic hydroxyl groups is 1. The molecule has 2 aromatic carbocycles. The molecule has 5 amide bonds. The minimum Gasteiger partial charge on any atom is -0.391 e. The number of rotatable bonds is 28. The van der Waals surface area contributed by atoms with Crippen molar-refractivity contribution in [2.45, 2.75) is 110 Å². The molecule has 26 heteroatoms. The van der Waals surface area contributed by atoms with E-state index in [2.05, 4.69) is 30.8 Å². The van der Waals surface area contributed by atoms with Crippen LogP contribution in [0.4, 0.5) is 28.9 Å². The van der Waals surface area contributed by atoms with Gasteiger partial charge in [0.05, 0.1) is 117 Å². The number of thiazole rings is 1. The van der Waals surface area contributed by atoms with E-state index >= 15 is 4.39 Å². The number of hydrogen-bond donors (Lipinski definition) is 5. The van der Waals surface area contributed by atoms with Crippen molar-refractivity contribution in [1.82, 2.24) is 35.3 Å². The molecule has 0 saturated carbocycles. The number of β-amino-alcohol motifs (C(OH)–C–C–N with tert-alkyl or cyclic N) is 1. The van der Waals surface area contributed by atoms with E-state index in [9.17, 15) is 47.0 Å². The summed E-state index contributed by atoms with van der Waals surface area (Å²) in [6, 6.07) is 9.03. The number of H-pyrrole nitrogens is 1. The van der Waals surface area contributed by atoms with Gasteiger partial charge in [0, 0.05) is 82.0 Å². The summed E-state index contributed by atoms with van der Waals surface area (Å²) in [6.45, 7) is 15.4. The number of ether oxygens (including phenoxy) is 5. The third kappa shape index (κ3) is 19.2. The molecule has 0 spiro atoms. The van der Waals surface area contributed by atoms with E-state index in [-0.39, 0.29) is 127 Å². The standard InChI is InChI=1S/C61H81F4N9O12S/c1-38-34-73(35-39(2)71(38)7)50-31-48(62)45(29-49(50)69-57(79)46-33-66-53(77)30-47(46)61(63,64)65)42-12-16-72(17-13-42)54(78)15-19-83-21-23-85-25-27-86-26-24-84-22-20-82-18-14-52(76)70-56(60(4,5)6)59(81)74-36-44(75)28-51(74)58(80)67-32-41-8-10-43(11-9-41)55-40(3)68-37-87-55/h8-12,29-31,33,37-39,44,51,56,75H,13-28,32,34-36H2,1-7H3,(H,66,77)(H,67,80)(H,69,79)(H,70,76)/t38-,39+,44-,51+,56?/m1/s1. The van der Waals surface area contributed by atoms with Gasteiger partial charge in [-0.1, -0.05) is 51.1 Å². The van der Waals surface area contributed by atoms with Gasteiger partial charge >= 0.3 is 6.18 Å². The van der Waals surface area contributed by atoms with Crippen LogP contribution in [0.15, 0.2) is 65.0 Å². The van der Waals surface area contributed by atoms with E-state index in [0.29, 0.717) is 63.0 Å². The molecule has 2 aromatic heterocycles. The van der Waals surface area contributed by atoms with Gasteiger partial charge in [-0.3, -0.25) is 33.7 Å². The molecule has 4 aromatic rings. The van der Waals surface area contributed by atoms with Gasteiger partial charge in [0.2, 0.25) is 29.2 Å². The van der Waals surface area contributed by atoms with Gasteiger partial charge in [0.15, 0.2) is 0 Å². The number of aryl methyl sites for hydroxylation is 1. The first kappa shape index (κ1) is 67.9. The average Bonchev–Trinajstić information content (AvgIpc) is 2.51. The molecule has 5 heterocycles. The van der Waals surface area contributed by atoms with E-state index in [4.69, 9.17) is 23.7 Å². The molecule has 3 aliphatic rings. The minimum atomic E-state index is -4.99. The van der Waals surface area contributed by atoms with Crippen molar-refractivity contribution >= 4 is 57.8 Å². The molecular weight excluding hydrogens is 1160 g/mol. The molecule has 7 rings (SSSR count). The second kappa shape index (κ2) is 31.5. The molecule has 0 bridgehead atoms. The van der Waals surface area contributed by atoms with Crippen LogP contribution in [0.5, 0.6) is 0 Å². The number of benzene rings is 2. The van der Waals surface area contributed by atoms with Crippen molar-refractivity contribution in [3.63, 3.8) is 0 Å². The van der Waals surface area contributed by atoms with E-state index in [0.717, 1.165) is 21.7 Å². The first-order valence-electron chi connectivity index (χ1n) is 29.2. The normalized spacial score (nSPS) is 18.8. The number of hydrogen-bond acceptors (Lipinski definition) is 16. The Hall–Kier alpha value is -6.65. The number of likely N-dealkylation sites (tertiary alicyclic amines) is 1. The highest BCUT2D eigenvalue weighted by molar-refractivity contribution is 7.13. The van der Waals surface area contributed by atoms with Crippen molar-refractivity contribution in [2.75, 3.05) is 116 Å². The van der Waals surface area contributed by atoms with Crippen LogP contribution < -0.4 is 26.4 Å². The number of amides is 5. The summed E-state index contributed by atoms with van der Waals surface area (Å²) in [5.41, 5.74) is 1.82. The van der Waals surface area contributed by atoms with Crippen LogP contribution in [0.2, 0.25) is 0 Å². The first-order valence-corrected chi connectivity index (χ1v) is 30.1. The molecule has 0 radical (unpaired) electrons. The highest BCUT2D eigenvalue weighted by Crippen LogP contribution is 2.38. The summed E-state index contributed by atoms with van der Waals surface area (Å²) >= 11 is 1.56. The molecule has 476 valence electrons. The van der Waals surface area contributed by atoms with Crippen molar-refractivity contribution in [2.24, 2.45) is 5.41 Å². The van der Waals surface area contributed by atoms with Crippen molar-refractivity contribution in [3.8, 4) is 10.4 Å². The average molecular weight is 1240 g/mol. The molecule has 21 nitrogen and oxygen atoms in total. The number of carbonyl (C=O) groups is 5. The Bertz CT molecular complexity index is 3070. The zero-order chi connectivity index (χ0) is 63.0. The number of aromatic amines is 1. The number of anilines is 2. The number of carbonyl (C=O) groups excluding carboxylic acids is 5. The third-order valence-electron chi connectivity index (χ3n) is 15.5. The molecule has 3 aliphatic heterocycles. The van der Waals surface area contributed by atoms with Crippen LogP contribution in [0, 0.1) is 18.2 Å². The second-order valence-electron chi connectivity index (χ2n) is 23.0. The molecule has 5 atom stereocenters. The fourth-order valence-electron chi connectivity index (χ4n) is 10.5. The van der Waals surface area contributed by atoms with Crippen LogP contribution in [-0.2, 0) is 55.6 Å². The van der Waals surface area contributed by atoms with E-state index in [1.165, 1.54) is 17.0 Å². The highest BCUT2D eigenvalue weighted by atomic mass is 32.1. The molecular formula is C61H81F4N9O12S. The monoisotopic (exact) mass is 1240 g/mol. The Morgan fingerprint density at radius 1 is 0.851 bits per heavy atom. The fraction of sp³-hybridized carbons (Fsp3) is 0.557. The number of aliphatic hydroxyl groups excluding tert-OH is 1. The maximum atomic E-state index is 16.1. The molecule has 0 aliphatic carbocycles. The SMILES string of the molecule is Cc1ncsc1-c1ccc(CNC(=O)[C@@H]2C[C@@H](O)CN2C(=O)C(NC(=O)CCOCCOCCOCCOCCOCCC(=O)N2CC=C(c3cc(NC(=O)c4c[nH]c(=O)cc4C(F)(F)F)c(N4C[C@@H](C)N(C)[C@@H](C)C4)cc3F)CC2)C(C)(C)C)cc1. The van der Waals surface area contributed by atoms with Gasteiger partial charge in [0.1, 0.15) is 17.9 Å². The predicted molar refractivity (Wildman–Crippen MR) is 319 cm³/mol. The van der Waals surface area contributed by atoms with Gasteiger partial charge in [-0.25, -0.2) is 9.37 Å². The summed E-state index contributed by atoms with van der Waals surface area (Å²) in [7, 11) is 1.97. The van der Waals surface area contributed by atoms with E-state index in [1.54, 1.807) is 27.8 Å². The smallest absolute Gasteiger partial charge is 0.391 e. The molecule has 2 fully saturated rings. The van der Waals surface area contributed by atoms with Crippen LogP contribution in [0.3, 0.4) is 0 Å². The first-order chi connectivity index (χ1) is 41.4. The van der Waals surface area contributed by atoms with Gasteiger partial charge in [-0.15, -0.1) is 11.3 Å². The van der Waals surface area contributed by atoms with Crippen molar-refractivity contribution < 1.29 is 70.3 Å². The maximum absolute atomic E-state index is 16.1.